The Morgan fingerprint density at radius 1 is 0.973 bits per heavy atom. The van der Waals surface area contributed by atoms with E-state index in [0.29, 0.717) is 26.3 Å². The summed E-state index contributed by atoms with van der Waals surface area (Å²) >= 11 is 1.56. The molecule has 196 valence electrons. The summed E-state index contributed by atoms with van der Waals surface area (Å²) < 4.78 is 33.4. The molecule has 0 radical (unpaired) electrons. The lowest BCUT2D eigenvalue weighted by molar-refractivity contribution is -0.133. The van der Waals surface area contributed by atoms with Gasteiger partial charge in [-0.3, -0.25) is 14.5 Å². The zero-order chi connectivity index (χ0) is 26.2. The Balaban J connectivity index is 1.55. The molecule has 0 aliphatic carbocycles. The summed E-state index contributed by atoms with van der Waals surface area (Å²) in [5, 5.41) is 1.97. The molecule has 0 saturated carbocycles. The van der Waals surface area contributed by atoms with Crippen LogP contribution in [-0.4, -0.2) is 72.5 Å². The number of carbonyl (C=O) groups excluding carboxylic acids is 2. The molecule has 2 heterocycles. The van der Waals surface area contributed by atoms with Crippen molar-refractivity contribution in [1.82, 2.24) is 14.7 Å². The standard InChI is InChI=1S/C28H31F2N3O3S/c1-21-10-17-37-26(21)19-33(18-22-6-8-23(29)9-7-22)27(34)20-32(12-11-31-13-15-36-16-14-31)28(35)24-4-2-3-5-25(24)30/h2-10,17H,11-16,18-20H2,1H3. The summed E-state index contributed by atoms with van der Waals surface area (Å²) in [5.41, 5.74) is 1.80. The number of rotatable bonds is 10. The van der Waals surface area contributed by atoms with E-state index in [-0.39, 0.29) is 36.9 Å². The highest BCUT2D eigenvalue weighted by Gasteiger charge is 2.26. The number of halogens is 2. The number of hydrogen-bond acceptors (Lipinski definition) is 5. The second-order valence-corrected chi connectivity index (χ2v) is 10.1. The molecule has 0 bridgehead atoms. The van der Waals surface area contributed by atoms with Crippen LogP contribution in [0.3, 0.4) is 0 Å². The molecular formula is C28H31F2N3O3S. The van der Waals surface area contributed by atoms with Crippen LogP contribution in [0.1, 0.15) is 26.4 Å². The number of ether oxygens (including phenoxy) is 1. The van der Waals surface area contributed by atoms with Gasteiger partial charge in [-0.2, -0.15) is 0 Å². The molecular weight excluding hydrogens is 496 g/mol. The molecule has 1 aliphatic rings. The highest BCUT2D eigenvalue weighted by Crippen LogP contribution is 2.20. The first kappa shape index (κ1) is 26.9. The zero-order valence-electron chi connectivity index (χ0n) is 20.9. The molecule has 0 spiro atoms. The van der Waals surface area contributed by atoms with Gasteiger partial charge >= 0.3 is 0 Å². The van der Waals surface area contributed by atoms with Crippen molar-refractivity contribution in [3.8, 4) is 0 Å². The molecule has 0 atom stereocenters. The largest absolute Gasteiger partial charge is 0.379 e. The zero-order valence-corrected chi connectivity index (χ0v) is 21.7. The van der Waals surface area contributed by atoms with Crippen LogP contribution in [0.5, 0.6) is 0 Å². The highest BCUT2D eigenvalue weighted by molar-refractivity contribution is 7.10. The van der Waals surface area contributed by atoms with E-state index in [1.807, 2.05) is 18.4 Å². The van der Waals surface area contributed by atoms with Crippen LogP contribution in [0.25, 0.3) is 0 Å². The second-order valence-electron chi connectivity index (χ2n) is 9.06. The van der Waals surface area contributed by atoms with Crippen molar-refractivity contribution in [1.29, 1.82) is 0 Å². The monoisotopic (exact) mass is 527 g/mol. The third kappa shape index (κ3) is 7.44. The minimum atomic E-state index is -0.617. The van der Waals surface area contributed by atoms with E-state index < -0.39 is 11.7 Å². The van der Waals surface area contributed by atoms with Crippen molar-refractivity contribution in [2.75, 3.05) is 45.9 Å². The van der Waals surface area contributed by atoms with Crippen LogP contribution in [0.15, 0.2) is 60.0 Å². The molecule has 3 aromatic rings. The summed E-state index contributed by atoms with van der Waals surface area (Å²) in [6.45, 7) is 5.98. The number of nitrogens with zero attached hydrogens (tertiary/aromatic N) is 3. The van der Waals surface area contributed by atoms with Crippen molar-refractivity contribution >= 4 is 23.2 Å². The van der Waals surface area contributed by atoms with Crippen LogP contribution in [0, 0.1) is 18.6 Å². The lowest BCUT2D eigenvalue weighted by atomic mass is 10.1. The third-order valence-electron chi connectivity index (χ3n) is 6.45. The van der Waals surface area contributed by atoms with E-state index in [1.54, 1.807) is 34.4 Å². The first-order valence-corrected chi connectivity index (χ1v) is 13.2. The van der Waals surface area contributed by atoms with Crippen LogP contribution >= 0.6 is 11.3 Å². The van der Waals surface area contributed by atoms with Crippen molar-refractivity contribution in [3.63, 3.8) is 0 Å². The van der Waals surface area contributed by atoms with Crippen LogP contribution in [-0.2, 0) is 22.6 Å². The molecule has 9 heteroatoms. The molecule has 6 nitrogen and oxygen atoms in total. The van der Waals surface area contributed by atoms with Gasteiger partial charge in [-0.1, -0.05) is 24.3 Å². The average Bonchev–Trinajstić information content (AvgIpc) is 3.31. The van der Waals surface area contributed by atoms with Gasteiger partial charge in [0.1, 0.15) is 18.2 Å². The predicted octanol–water partition coefficient (Wildman–Crippen LogP) is 4.34. The number of benzene rings is 2. The molecule has 2 amide bonds. The quantitative estimate of drug-likeness (QED) is 0.394. The fraction of sp³-hybridized carbons (Fsp3) is 0.357. The Hall–Kier alpha value is -3.14. The highest BCUT2D eigenvalue weighted by atomic mass is 32.1. The Kier molecular flexibility index (Phi) is 9.38. The van der Waals surface area contributed by atoms with Gasteiger partial charge in [0.15, 0.2) is 0 Å². The van der Waals surface area contributed by atoms with Gasteiger partial charge in [-0.05, 0) is 53.8 Å². The minimum absolute atomic E-state index is 0.0588. The number of morpholine rings is 1. The second kappa shape index (κ2) is 12.9. The molecule has 4 rings (SSSR count). The molecule has 1 fully saturated rings. The third-order valence-corrected chi connectivity index (χ3v) is 7.46. The van der Waals surface area contributed by atoms with Gasteiger partial charge in [-0.25, -0.2) is 8.78 Å². The number of hydrogen-bond donors (Lipinski definition) is 0. The van der Waals surface area contributed by atoms with Gasteiger partial charge in [0.05, 0.1) is 25.3 Å². The van der Waals surface area contributed by atoms with E-state index in [4.69, 9.17) is 4.74 Å². The first-order valence-electron chi connectivity index (χ1n) is 12.3. The van der Waals surface area contributed by atoms with Gasteiger partial charge < -0.3 is 14.5 Å². The fourth-order valence-electron chi connectivity index (χ4n) is 4.19. The molecule has 1 aromatic heterocycles. The van der Waals surface area contributed by atoms with E-state index >= 15 is 0 Å². The van der Waals surface area contributed by atoms with Crippen LogP contribution in [0.4, 0.5) is 8.78 Å². The van der Waals surface area contributed by atoms with E-state index in [1.165, 1.54) is 35.2 Å². The molecule has 1 saturated heterocycles. The molecule has 37 heavy (non-hydrogen) atoms. The maximum absolute atomic E-state index is 14.5. The van der Waals surface area contributed by atoms with Gasteiger partial charge in [0.2, 0.25) is 5.91 Å². The molecule has 0 unspecified atom stereocenters. The van der Waals surface area contributed by atoms with Gasteiger partial charge in [0, 0.05) is 37.6 Å². The Bertz CT molecular complexity index is 1200. The maximum Gasteiger partial charge on any atom is 0.257 e. The van der Waals surface area contributed by atoms with Crippen molar-refractivity contribution in [2.24, 2.45) is 0 Å². The maximum atomic E-state index is 14.5. The summed E-state index contributed by atoms with van der Waals surface area (Å²) in [4.78, 5) is 33.4. The van der Waals surface area contributed by atoms with Crippen molar-refractivity contribution in [3.05, 3.63) is 93.2 Å². The van der Waals surface area contributed by atoms with Gasteiger partial charge in [-0.15, -0.1) is 11.3 Å². The first-order chi connectivity index (χ1) is 17.9. The Morgan fingerprint density at radius 3 is 2.38 bits per heavy atom. The fourth-order valence-corrected chi connectivity index (χ4v) is 5.11. The van der Waals surface area contributed by atoms with E-state index in [9.17, 15) is 18.4 Å². The molecule has 2 aromatic carbocycles. The lowest BCUT2D eigenvalue weighted by Gasteiger charge is -2.31. The lowest BCUT2D eigenvalue weighted by Crippen LogP contribution is -2.47. The molecule has 1 aliphatic heterocycles. The van der Waals surface area contributed by atoms with Crippen molar-refractivity contribution < 1.29 is 23.1 Å². The van der Waals surface area contributed by atoms with Gasteiger partial charge in [0.25, 0.3) is 5.91 Å². The average molecular weight is 528 g/mol. The number of carbonyl (C=O) groups is 2. The summed E-state index contributed by atoms with van der Waals surface area (Å²) in [6, 6.07) is 13.9. The normalized spacial score (nSPS) is 13.9. The summed E-state index contributed by atoms with van der Waals surface area (Å²) in [5.74, 6) is -1.74. The molecule has 0 N–H and O–H groups in total. The SMILES string of the molecule is Cc1ccsc1CN(Cc1ccc(F)cc1)C(=O)CN(CCN1CCOCC1)C(=O)c1ccccc1F. The van der Waals surface area contributed by atoms with Crippen LogP contribution < -0.4 is 0 Å². The predicted molar refractivity (Wildman–Crippen MR) is 139 cm³/mol. The smallest absolute Gasteiger partial charge is 0.257 e. The number of thiophene rings is 1. The number of amides is 2. The number of aryl methyl sites for hydroxylation is 1. The summed E-state index contributed by atoms with van der Waals surface area (Å²) in [6.07, 6.45) is 0. The Labute approximate surface area is 220 Å². The van der Waals surface area contributed by atoms with Crippen molar-refractivity contribution in [2.45, 2.75) is 20.0 Å². The minimum Gasteiger partial charge on any atom is -0.379 e. The topological polar surface area (TPSA) is 53.1 Å². The summed E-state index contributed by atoms with van der Waals surface area (Å²) in [7, 11) is 0. The van der Waals surface area contributed by atoms with E-state index in [2.05, 4.69) is 4.90 Å². The van der Waals surface area contributed by atoms with E-state index in [0.717, 1.165) is 29.1 Å². The Morgan fingerprint density at radius 2 is 1.70 bits per heavy atom. The van der Waals surface area contributed by atoms with Crippen LogP contribution in [0.2, 0.25) is 0 Å².